The number of aliphatic hydroxyl groups excluding tert-OH is 5. The second kappa shape index (κ2) is 12.9. The summed E-state index contributed by atoms with van der Waals surface area (Å²) in [7, 11) is 2.71. The van der Waals surface area contributed by atoms with Crippen LogP contribution in [0.15, 0.2) is 53.8 Å². The predicted molar refractivity (Wildman–Crippen MR) is 134 cm³/mol. The van der Waals surface area contributed by atoms with Crippen molar-refractivity contribution in [2.75, 3.05) is 27.4 Å². The van der Waals surface area contributed by atoms with Gasteiger partial charge in [0.2, 0.25) is 6.29 Å². The number of carbonyl (C=O) groups excluding carboxylic acids is 2. The highest BCUT2D eigenvalue weighted by atomic mass is 16.8. The van der Waals surface area contributed by atoms with E-state index < -0.39 is 80.1 Å². The molecular formula is C27H32O13. The lowest BCUT2D eigenvalue weighted by Crippen LogP contribution is -2.60. The largest absolute Gasteiger partial charge is 0.497 e. The molecule has 13 nitrogen and oxygen atoms in total. The number of fused-ring (bicyclic) bond motifs is 1. The number of ether oxygens (including phenoxy) is 6. The highest BCUT2D eigenvalue weighted by molar-refractivity contribution is 5.90. The van der Waals surface area contributed by atoms with Gasteiger partial charge in [-0.05, 0) is 35.4 Å². The normalized spacial score (nSPS) is 33.4. The number of aliphatic hydroxyl groups is 5. The Kier molecular flexibility index (Phi) is 9.58. The first-order valence-electron chi connectivity index (χ1n) is 12.5. The summed E-state index contributed by atoms with van der Waals surface area (Å²) < 4.78 is 32.5. The number of hydrogen-bond donors (Lipinski definition) is 5. The van der Waals surface area contributed by atoms with E-state index in [-0.39, 0.29) is 5.57 Å². The smallest absolute Gasteiger partial charge is 0.337 e. The first-order valence-corrected chi connectivity index (χ1v) is 12.5. The minimum atomic E-state index is -1.72. The minimum Gasteiger partial charge on any atom is -0.497 e. The third kappa shape index (κ3) is 6.05. The summed E-state index contributed by atoms with van der Waals surface area (Å²) in [5.74, 6) is -2.64. The average Bonchev–Trinajstić information content (AvgIpc) is 3.34. The van der Waals surface area contributed by atoms with E-state index >= 15 is 0 Å². The number of benzene rings is 1. The van der Waals surface area contributed by atoms with Crippen LogP contribution >= 0.6 is 0 Å². The summed E-state index contributed by atoms with van der Waals surface area (Å²) in [5, 5.41) is 50.2. The van der Waals surface area contributed by atoms with E-state index in [1.54, 1.807) is 24.3 Å². The number of carbonyl (C=O) groups is 2. The number of esters is 2. The van der Waals surface area contributed by atoms with E-state index in [4.69, 9.17) is 28.4 Å². The van der Waals surface area contributed by atoms with Gasteiger partial charge in [-0.25, -0.2) is 9.59 Å². The second-order valence-corrected chi connectivity index (χ2v) is 9.36. The Morgan fingerprint density at radius 2 is 1.70 bits per heavy atom. The Morgan fingerprint density at radius 1 is 0.975 bits per heavy atom. The molecule has 13 heteroatoms. The van der Waals surface area contributed by atoms with Gasteiger partial charge in [0, 0.05) is 12.0 Å². The molecule has 1 saturated heterocycles. The van der Waals surface area contributed by atoms with Crippen molar-refractivity contribution < 1.29 is 63.5 Å². The molecule has 2 heterocycles. The number of rotatable bonds is 9. The van der Waals surface area contributed by atoms with Gasteiger partial charge in [0.05, 0.1) is 45.2 Å². The molecule has 1 fully saturated rings. The lowest BCUT2D eigenvalue weighted by molar-refractivity contribution is -0.340. The molecule has 0 radical (unpaired) electrons. The molecule has 3 aliphatic rings. The SMILES string of the molecule is COC(=O)C1=CO[C@@H](O[C@H]2O[C@H](CO)[C@@H](O)[C@H](O)[C@H]2O)[C@H]2C(CO)=C[C@H](OC(=O)C=Cc3ccc(OC)cc3)[C@H]12. The minimum absolute atomic E-state index is 0.0118. The maximum atomic E-state index is 12.7. The van der Waals surface area contributed by atoms with Gasteiger partial charge in [-0.2, -0.15) is 0 Å². The van der Waals surface area contributed by atoms with Crippen LogP contribution in [-0.4, -0.2) is 108 Å². The summed E-state index contributed by atoms with van der Waals surface area (Å²) in [6, 6.07) is 6.95. The summed E-state index contributed by atoms with van der Waals surface area (Å²) in [6.07, 6.45) is -4.82. The fourth-order valence-electron chi connectivity index (χ4n) is 4.93. The first-order chi connectivity index (χ1) is 19.2. The fraction of sp³-hybridized carbons (Fsp3) is 0.481. The molecule has 0 amide bonds. The molecule has 0 aromatic heterocycles. The second-order valence-electron chi connectivity index (χ2n) is 9.36. The Morgan fingerprint density at radius 3 is 2.33 bits per heavy atom. The molecule has 1 aromatic rings. The van der Waals surface area contributed by atoms with Crippen molar-refractivity contribution in [1.82, 2.24) is 0 Å². The average molecular weight is 565 g/mol. The van der Waals surface area contributed by atoms with Gasteiger partial charge in [-0.3, -0.25) is 0 Å². The zero-order valence-corrected chi connectivity index (χ0v) is 21.7. The molecule has 9 atom stereocenters. The van der Waals surface area contributed by atoms with Gasteiger partial charge in [0.15, 0.2) is 6.29 Å². The van der Waals surface area contributed by atoms with E-state index in [2.05, 4.69) is 0 Å². The zero-order chi connectivity index (χ0) is 29.0. The molecule has 40 heavy (non-hydrogen) atoms. The Hall–Kier alpha value is -3.30. The monoisotopic (exact) mass is 564 g/mol. The molecule has 0 spiro atoms. The standard InChI is InChI=1S/C27H32O13/c1-35-15-6-3-13(4-7-15)5-8-19(30)38-17-9-14(10-28)20-21(17)16(25(34)36-2)12-37-26(20)40-27-24(33)23(32)22(31)18(11-29)39-27/h3-9,12,17-18,20-24,26-29,31-33H,10-11H2,1-2H3/t17-,18+,20-,21-,22+,23-,24+,26-,27+/m0/s1. The van der Waals surface area contributed by atoms with Crippen molar-refractivity contribution in [1.29, 1.82) is 0 Å². The van der Waals surface area contributed by atoms with E-state index in [9.17, 15) is 35.1 Å². The number of hydrogen-bond acceptors (Lipinski definition) is 13. The molecular weight excluding hydrogens is 532 g/mol. The molecule has 0 bridgehead atoms. The molecule has 1 aromatic carbocycles. The van der Waals surface area contributed by atoms with Crippen LogP contribution in [0.3, 0.4) is 0 Å². The van der Waals surface area contributed by atoms with Crippen molar-refractivity contribution in [3.05, 3.63) is 59.4 Å². The van der Waals surface area contributed by atoms with Crippen LogP contribution in [0.25, 0.3) is 6.08 Å². The maximum absolute atomic E-state index is 12.7. The topological polar surface area (TPSA) is 191 Å². The first kappa shape index (κ1) is 29.7. The molecule has 2 aliphatic heterocycles. The summed E-state index contributed by atoms with van der Waals surface area (Å²) in [4.78, 5) is 25.3. The molecule has 5 N–H and O–H groups in total. The van der Waals surface area contributed by atoms with Gasteiger partial charge in [-0.15, -0.1) is 0 Å². The number of methoxy groups -OCH3 is 2. The van der Waals surface area contributed by atoms with Crippen LogP contribution in [0.5, 0.6) is 5.75 Å². The quantitative estimate of drug-likeness (QED) is 0.140. The predicted octanol–water partition coefficient (Wildman–Crippen LogP) is -0.985. The Bertz CT molecular complexity index is 1140. The van der Waals surface area contributed by atoms with Crippen LogP contribution in [0, 0.1) is 11.8 Å². The third-order valence-electron chi connectivity index (χ3n) is 7.03. The third-order valence-corrected chi connectivity index (χ3v) is 7.03. The fourth-order valence-corrected chi connectivity index (χ4v) is 4.93. The Balaban J connectivity index is 1.55. The Labute approximate surface area is 229 Å². The van der Waals surface area contributed by atoms with Crippen LogP contribution in [0.2, 0.25) is 0 Å². The molecule has 0 saturated carbocycles. The molecule has 4 rings (SSSR count). The summed E-state index contributed by atoms with van der Waals surface area (Å²) in [5.41, 5.74) is 1.03. The summed E-state index contributed by atoms with van der Waals surface area (Å²) >= 11 is 0. The van der Waals surface area contributed by atoms with Gasteiger partial charge in [0.1, 0.15) is 36.3 Å². The summed E-state index contributed by atoms with van der Waals surface area (Å²) in [6.45, 7) is -1.18. The lowest BCUT2D eigenvalue weighted by Gasteiger charge is -2.43. The molecule has 1 aliphatic carbocycles. The van der Waals surface area contributed by atoms with Gasteiger partial charge >= 0.3 is 11.9 Å². The van der Waals surface area contributed by atoms with Gasteiger partial charge in [-0.1, -0.05) is 12.1 Å². The molecule has 218 valence electrons. The highest BCUT2D eigenvalue weighted by Crippen LogP contribution is 2.45. The van der Waals surface area contributed by atoms with Crippen molar-refractivity contribution in [2.45, 2.75) is 43.1 Å². The van der Waals surface area contributed by atoms with Crippen molar-refractivity contribution in [3.63, 3.8) is 0 Å². The van der Waals surface area contributed by atoms with E-state index in [1.807, 2.05) is 0 Å². The van der Waals surface area contributed by atoms with E-state index in [0.717, 1.165) is 6.26 Å². The van der Waals surface area contributed by atoms with E-state index in [1.165, 1.54) is 32.4 Å². The van der Waals surface area contributed by atoms with Crippen LogP contribution in [0.1, 0.15) is 5.56 Å². The highest BCUT2D eigenvalue weighted by Gasteiger charge is 2.53. The lowest BCUT2D eigenvalue weighted by atomic mass is 9.82. The van der Waals surface area contributed by atoms with Gasteiger partial charge in [0.25, 0.3) is 0 Å². The maximum Gasteiger partial charge on any atom is 0.337 e. The van der Waals surface area contributed by atoms with Crippen molar-refractivity contribution in [3.8, 4) is 5.75 Å². The van der Waals surface area contributed by atoms with Crippen LogP contribution < -0.4 is 4.74 Å². The van der Waals surface area contributed by atoms with Crippen molar-refractivity contribution in [2.24, 2.45) is 11.8 Å². The molecule has 0 unspecified atom stereocenters. The van der Waals surface area contributed by atoms with Crippen molar-refractivity contribution >= 4 is 18.0 Å². The van der Waals surface area contributed by atoms with Crippen LogP contribution in [-0.2, 0) is 33.3 Å². The van der Waals surface area contributed by atoms with Crippen LogP contribution in [0.4, 0.5) is 0 Å². The van der Waals surface area contributed by atoms with Gasteiger partial charge < -0.3 is 54.0 Å². The van der Waals surface area contributed by atoms with E-state index in [0.29, 0.717) is 16.9 Å². The zero-order valence-electron chi connectivity index (χ0n) is 21.7.